The molecule has 0 aliphatic rings. The van der Waals surface area contributed by atoms with Crippen molar-refractivity contribution >= 4 is 23.8 Å². The van der Waals surface area contributed by atoms with E-state index in [9.17, 15) is 14.4 Å². The van der Waals surface area contributed by atoms with Gasteiger partial charge in [-0.2, -0.15) is 0 Å². The van der Waals surface area contributed by atoms with Crippen molar-refractivity contribution in [2.75, 3.05) is 21.3 Å². The molecule has 0 aliphatic carbocycles. The third-order valence-electron chi connectivity index (χ3n) is 2.98. The third-order valence-corrected chi connectivity index (χ3v) is 2.98. The number of hydrogen-bond acceptors (Lipinski definition) is 7. The van der Waals surface area contributed by atoms with E-state index >= 15 is 0 Å². The summed E-state index contributed by atoms with van der Waals surface area (Å²) < 4.78 is 14.2. The maximum absolute atomic E-state index is 12.1. The van der Waals surface area contributed by atoms with Gasteiger partial charge in [-0.05, 0) is 24.6 Å². The van der Waals surface area contributed by atoms with Crippen molar-refractivity contribution in [2.45, 2.75) is 19.3 Å². The van der Waals surface area contributed by atoms with Crippen molar-refractivity contribution in [3.05, 3.63) is 29.6 Å². The molecule has 0 radical (unpaired) electrons. The SMILES string of the molecule is COC(=O)/C=C/c1nc(C(=O)CCCC(=O)OC)ccc1OC. The number of nitrogens with zero attached hydrogens (tertiary/aromatic N) is 1. The fourth-order valence-corrected chi connectivity index (χ4v) is 1.75. The van der Waals surface area contributed by atoms with Gasteiger partial charge in [0, 0.05) is 18.9 Å². The number of aromatic nitrogens is 1. The smallest absolute Gasteiger partial charge is 0.330 e. The molecule has 0 saturated heterocycles. The van der Waals surface area contributed by atoms with Gasteiger partial charge in [0.1, 0.15) is 17.1 Å². The molecule has 124 valence electrons. The van der Waals surface area contributed by atoms with E-state index in [-0.39, 0.29) is 30.3 Å². The minimum absolute atomic E-state index is 0.174. The largest absolute Gasteiger partial charge is 0.494 e. The van der Waals surface area contributed by atoms with Crippen LogP contribution in [-0.4, -0.2) is 44.0 Å². The monoisotopic (exact) mass is 321 g/mol. The number of pyridine rings is 1. The highest BCUT2D eigenvalue weighted by atomic mass is 16.5. The van der Waals surface area contributed by atoms with Gasteiger partial charge in [-0.1, -0.05) is 0 Å². The molecule has 0 unspecified atom stereocenters. The summed E-state index contributed by atoms with van der Waals surface area (Å²) in [6.45, 7) is 0. The Kier molecular flexibility index (Phi) is 7.45. The molecule has 23 heavy (non-hydrogen) atoms. The van der Waals surface area contributed by atoms with Crippen LogP contribution in [0.25, 0.3) is 6.08 Å². The van der Waals surface area contributed by atoms with Gasteiger partial charge in [0.25, 0.3) is 0 Å². The molecule has 1 heterocycles. The quantitative estimate of drug-likeness (QED) is 0.409. The molecule has 0 bridgehead atoms. The van der Waals surface area contributed by atoms with Gasteiger partial charge in [-0.15, -0.1) is 0 Å². The van der Waals surface area contributed by atoms with Crippen molar-refractivity contribution in [1.29, 1.82) is 0 Å². The van der Waals surface area contributed by atoms with Crippen LogP contribution < -0.4 is 4.74 Å². The number of methoxy groups -OCH3 is 3. The van der Waals surface area contributed by atoms with Crippen molar-refractivity contribution < 1.29 is 28.6 Å². The Balaban J connectivity index is 2.83. The summed E-state index contributed by atoms with van der Waals surface area (Å²) in [6, 6.07) is 3.13. The lowest BCUT2D eigenvalue weighted by atomic mass is 10.1. The first kappa shape index (κ1) is 18.3. The molecule has 7 nitrogen and oxygen atoms in total. The molecule has 0 atom stereocenters. The lowest BCUT2D eigenvalue weighted by molar-refractivity contribution is -0.140. The molecule has 0 fully saturated rings. The third kappa shape index (κ3) is 5.90. The van der Waals surface area contributed by atoms with Crippen LogP contribution in [-0.2, 0) is 19.1 Å². The molecule has 7 heteroatoms. The van der Waals surface area contributed by atoms with Crippen LogP contribution in [0.3, 0.4) is 0 Å². The minimum Gasteiger partial charge on any atom is -0.494 e. The van der Waals surface area contributed by atoms with E-state index in [1.807, 2.05) is 0 Å². The highest BCUT2D eigenvalue weighted by Gasteiger charge is 2.12. The zero-order valence-electron chi connectivity index (χ0n) is 13.3. The van der Waals surface area contributed by atoms with Gasteiger partial charge < -0.3 is 14.2 Å². The second-order valence-corrected chi connectivity index (χ2v) is 4.49. The van der Waals surface area contributed by atoms with Gasteiger partial charge in [0.05, 0.1) is 21.3 Å². The van der Waals surface area contributed by atoms with Crippen LogP contribution in [0.4, 0.5) is 0 Å². The van der Waals surface area contributed by atoms with E-state index in [0.717, 1.165) is 0 Å². The average molecular weight is 321 g/mol. The summed E-state index contributed by atoms with van der Waals surface area (Å²) in [5.41, 5.74) is 0.580. The van der Waals surface area contributed by atoms with E-state index in [4.69, 9.17) is 4.74 Å². The van der Waals surface area contributed by atoms with Gasteiger partial charge >= 0.3 is 11.9 Å². The Bertz CT molecular complexity index is 609. The van der Waals surface area contributed by atoms with Crippen LogP contribution in [0.5, 0.6) is 5.75 Å². The first-order chi connectivity index (χ1) is 11.0. The second-order valence-electron chi connectivity index (χ2n) is 4.49. The summed E-state index contributed by atoms with van der Waals surface area (Å²) in [5, 5.41) is 0. The fraction of sp³-hybridized carbons (Fsp3) is 0.375. The standard InChI is InChI=1S/C16H19NO6/c1-21-14-9-7-11(13(18)5-4-6-15(19)22-2)17-12(14)8-10-16(20)23-3/h7-10H,4-6H2,1-3H3/b10-8+. The van der Waals surface area contributed by atoms with Gasteiger partial charge in [0.2, 0.25) is 0 Å². The van der Waals surface area contributed by atoms with Gasteiger partial charge in [-0.3, -0.25) is 9.59 Å². The van der Waals surface area contributed by atoms with Crippen LogP contribution in [0.2, 0.25) is 0 Å². The van der Waals surface area contributed by atoms with Crippen molar-refractivity contribution in [2.24, 2.45) is 0 Å². The Hall–Kier alpha value is -2.70. The summed E-state index contributed by atoms with van der Waals surface area (Å²) in [7, 11) is 4.03. The number of esters is 2. The summed E-state index contributed by atoms with van der Waals surface area (Å²) >= 11 is 0. The van der Waals surface area contributed by atoms with E-state index < -0.39 is 5.97 Å². The summed E-state index contributed by atoms with van der Waals surface area (Å²) in [6.07, 6.45) is 3.33. The maximum Gasteiger partial charge on any atom is 0.330 e. The predicted molar refractivity (Wildman–Crippen MR) is 82.0 cm³/mol. The van der Waals surface area contributed by atoms with Crippen molar-refractivity contribution in [1.82, 2.24) is 4.98 Å². The Morgan fingerprint density at radius 2 is 1.83 bits per heavy atom. The second kappa shape index (κ2) is 9.34. The first-order valence-corrected chi connectivity index (χ1v) is 6.93. The lowest BCUT2D eigenvalue weighted by Gasteiger charge is -2.06. The topological polar surface area (TPSA) is 91.8 Å². The molecule has 0 spiro atoms. The van der Waals surface area contributed by atoms with E-state index in [0.29, 0.717) is 17.9 Å². The number of carbonyl (C=O) groups is 3. The Morgan fingerprint density at radius 1 is 1.09 bits per heavy atom. The van der Waals surface area contributed by atoms with Crippen LogP contribution in [0.1, 0.15) is 35.4 Å². The Morgan fingerprint density at radius 3 is 2.43 bits per heavy atom. The molecule has 1 rings (SSSR count). The predicted octanol–water partition coefficient (Wildman–Crippen LogP) is 1.80. The molecule has 0 N–H and O–H groups in total. The molecule has 0 saturated carbocycles. The Labute approximate surface area is 134 Å². The molecule has 0 aliphatic heterocycles. The number of ether oxygens (including phenoxy) is 3. The minimum atomic E-state index is -0.538. The lowest BCUT2D eigenvalue weighted by Crippen LogP contribution is -2.06. The number of hydrogen-bond donors (Lipinski definition) is 0. The summed E-state index contributed by atoms with van der Waals surface area (Å²) in [4.78, 5) is 38.4. The molecule has 1 aromatic rings. The molecule has 1 aromatic heterocycles. The molecule has 0 amide bonds. The first-order valence-electron chi connectivity index (χ1n) is 6.93. The number of carbonyl (C=O) groups excluding carboxylic acids is 3. The number of Topliss-reactive ketones (excluding diaryl/α,β-unsaturated/α-hetero) is 1. The highest BCUT2D eigenvalue weighted by Crippen LogP contribution is 2.19. The zero-order valence-corrected chi connectivity index (χ0v) is 13.3. The molecular formula is C16H19NO6. The van der Waals surface area contributed by atoms with Gasteiger partial charge in [0.15, 0.2) is 5.78 Å². The van der Waals surface area contributed by atoms with Crippen LogP contribution in [0.15, 0.2) is 18.2 Å². The molecule has 0 aromatic carbocycles. The van der Waals surface area contributed by atoms with Gasteiger partial charge in [-0.25, -0.2) is 9.78 Å². The number of rotatable bonds is 8. The van der Waals surface area contributed by atoms with Crippen molar-refractivity contribution in [3.63, 3.8) is 0 Å². The average Bonchev–Trinajstić information content (AvgIpc) is 2.58. The fourth-order valence-electron chi connectivity index (χ4n) is 1.75. The normalized spacial score (nSPS) is 10.4. The van der Waals surface area contributed by atoms with Crippen molar-refractivity contribution in [3.8, 4) is 5.75 Å². The van der Waals surface area contributed by atoms with E-state index in [1.54, 1.807) is 6.07 Å². The number of ketones is 1. The van der Waals surface area contributed by atoms with Crippen LogP contribution in [0, 0.1) is 0 Å². The molecular weight excluding hydrogens is 302 g/mol. The van der Waals surface area contributed by atoms with E-state index in [1.165, 1.54) is 39.5 Å². The van der Waals surface area contributed by atoms with E-state index in [2.05, 4.69) is 14.5 Å². The summed E-state index contributed by atoms with van der Waals surface area (Å²) in [5.74, 6) is -0.675. The van der Waals surface area contributed by atoms with Crippen LogP contribution >= 0.6 is 0 Å². The zero-order chi connectivity index (χ0) is 17.2. The maximum atomic E-state index is 12.1. The highest BCUT2D eigenvalue weighted by molar-refractivity contribution is 5.95.